The van der Waals surface area contributed by atoms with Crippen LogP contribution in [0.2, 0.25) is 5.02 Å². The smallest absolute Gasteiger partial charge is 0.224 e. The van der Waals surface area contributed by atoms with E-state index < -0.39 is 0 Å². The molecule has 116 valence electrons. The van der Waals surface area contributed by atoms with Crippen molar-refractivity contribution in [2.24, 2.45) is 0 Å². The van der Waals surface area contributed by atoms with Gasteiger partial charge in [-0.25, -0.2) is 4.68 Å². The fourth-order valence-electron chi connectivity index (χ4n) is 2.41. The van der Waals surface area contributed by atoms with Crippen LogP contribution >= 0.6 is 11.6 Å². The third-order valence-electron chi connectivity index (χ3n) is 3.61. The van der Waals surface area contributed by atoms with E-state index in [-0.39, 0.29) is 12.0 Å². The van der Waals surface area contributed by atoms with Crippen LogP contribution in [0.15, 0.2) is 30.6 Å². The third-order valence-corrected chi connectivity index (χ3v) is 3.86. The predicted molar refractivity (Wildman–Crippen MR) is 79.2 cm³/mol. The maximum atomic E-state index is 12.3. The summed E-state index contributed by atoms with van der Waals surface area (Å²) in [5, 5.41) is 11.5. The van der Waals surface area contributed by atoms with Crippen LogP contribution in [0.25, 0.3) is 0 Å². The Kier molecular flexibility index (Phi) is 4.65. The molecule has 1 aromatic heterocycles. The molecule has 7 nitrogen and oxygen atoms in total. The van der Waals surface area contributed by atoms with Crippen molar-refractivity contribution in [1.82, 2.24) is 25.1 Å². The Labute approximate surface area is 132 Å². The highest BCUT2D eigenvalue weighted by Crippen LogP contribution is 2.24. The number of rotatable bonds is 4. The number of halogens is 1. The fourth-order valence-corrected chi connectivity index (χ4v) is 2.53. The van der Waals surface area contributed by atoms with Gasteiger partial charge in [0.2, 0.25) is 5.91 Å². The molecule has 0 saturated carbocycles. The van der Waals surface area contributed by atoms with Crippen LogP contribution in [0.4, 0.5) is 0 Å². The number of morpholine rings is 1. The van der Waals surface area contributed by atoms with Gasteiger partial charge in [-0.15, -0.1) is 5.10 Å². The van der Waals surface area contributed by atoms with Gasteiger partial charge in [0.25, 0.3) is 0 Å². The predicted octanol–water partition coefficient (Wildman–Crippen LogP) is 1.32. The maximum absolute atomic E-state index is 12.3. The highest BCUT2D eigenvalue weighted by Gasteiger charge is 2.25. The van der Waals surface area contributed by atoms with E-state index in [2.05, 4.69) is 15.5 Å². The number of carbonyl (C=O) groups is 1. The quantitative estimate of drug-likeness (QED) is 0.849. The van der Waals surface area contributed by atoms with Gasteiger partial charge in [0, 0.05) is 18.0 Å². The number of benzene rings is 1. The molecule has 0 aliphatic carbocycles. The van der Waals surface area contributed by atoms with E-state index in [4.69, 9.17) is 16.3 Å². The number of hydrogen-bond donors (Lipinski definition) is 0. The summed E-state index contributed by atoms with van der Waals surface area (Å²) in [4.78, 5) is 14.1. The number of aryl methyl sites for hydroxylation is 1. The molecule has 1 atom stereocenters. The molecule has 0 bridgehead atoms. The molecule has 0 radical (unpaired) electrons. The lowest BCUT2D eigenvalue weighted by molar-refractivity contribution is -0.139. The average molecular weight is 322 g/mol. The van der Waals surface area contributed by atoms with E-state index in [0.29, 0.717) is 37.7 Å². The molecule has 1 aliphatic heterocycles. The average Bonchev–Trinajstić information content (AvgIpc) is 3.07. The van der Waals surface area contributed by atoms with Crippen molar-refractivity contribution < 1.29 is 9.53 Å². The molecule has 3 rings (SSSR count). The highest BCUT2D eigenvalue weighted by molar-refractivity contribution is 6.30. The molecular weight excluding hydrogens is 306 g/mol. The van der Waals surface area contributed by atoms with Crippen molar-refractivity contribution >= 4 is 17.5 Å². The Hall–Kier alpha value is -1.99. The molecule has 8 heteroatoms. The Morgan fingerprint density at radius 2 is 2.18 bits per heavy atom. The van der Waals surface area contributed by atoms with Crippen molar-refractivity contribution in [1.29, 1.82) is 0 Å². The lowest BCUT2D eigenvalue weighted by Crippen LogP contribution is -2.42. The molecule has 22 heavy (non-hydrogen) atoms. The van der Waals surface area contributed by atoms with E-state index in [1.54, 1.807) is 4.68 Å². The molecular formula is C14H16ClN5O2. The molecule has 0 N–H and O–H groups in total. The van der Waals surface area contributed by atoms with Gasteiger partial charge in [-0.1, -0.05) is 23.7 Å². The summed E-state index contributed by atoms with van der Waals surface area (Å²) in [6, 6.07) is 7.53. The molecule has 1 aliphatic rings. The van der Waals surface area contributed by atoms with Gasteiger partial charge in [0.15, 0.2) is 0 Å². The first-order valence-electron chi connectivity index (χ1n) is 7.08. The number of nitrogens with zero attached hydrogens (tertiary/aromatic N) is 5. The molecule has 0 unspecified atom stereocenters. The second-order valence-corrected chi connectivity index (χ2v) is 5.51. The molecule has 1 saturated heterocycles. The van der Waals surface area contributed by atoms with Gasteiger partial charge < -0.3 is 9.64 Å². The zero-order chi connectivity index (χ0) is 15.4. The number of hydrogen-bond acceptors (Lipinski definition) is 5. The number of ether oxygens (including phenoxy) is 1. The monoisotopic (exact) mass is 321 g/mol. The van der Waals surface area contributed by atoms with E-state index >= 15 is 0 Å². The van der Waals surface area contributed by atoms with Crippen molar-refractivity contribution in [3.63, 3.8) is 0 Å². The molecule has 2 aromatic rings. The summed E-state index contributed by atoms with van der Waals surface area (Å²) in [5.41, 5.74) is 1.03. The van der Waals surface area contributed by atoms with Gasteiger partial charge in [0.1, 0.15) is 12.4 Å². The number of tetrazole rings is 1. The minimum absolute atomic E-state index is 0.0813. The minimum atomic E-state index is -0.108. The van der Waals surface area contributed by atoms with E-state index in [1.165, 1.54) is 6.33 Å². The largest absolute Gasteiger partial charge is 0.370 e. The van der Waals surface area contributed by atoms with Gasteiger partial charge in [-0.2, -0.15) is 0 Å². The first-order chi connectivity index (χ1) is 10.7. The zero-order valence-electron chi connectivity index (χ0n) is 11.9. The molecule has 1 amide bonds. The summed E-state index contributed by atoms with van der Waals surface area (Å²) in [6.45, 7) is 2.17. The standard InChI is InChI=1S/C14H16ClN5O2/c15-12-3-1-11(2-4-12)13-9-19(7-8-22-13)14(21)5-6-20-10-16-17-18-20/h1-4,10,13H,5-9H2/t13-/m1/s1. The van der Waals surface area contributed by atoms with Crippen molar-refractivity contribution in [3.05, 3.63) is 41.2 Å². The maximum Gasteiger partial charge on any atom is 0.224 e. The van der Waals surface area contributed by atoms with Crippen molar-refractivity contribution in [2.75, 3.05) is 19.7 Å². The Morgan fingerprint density at radius 3 is 2.91 bits per heavy atom. The van der Waals surface area contributed by atoms with Crippen LogP contribution in [-0.2, 0) is 16.1 Å². The van der Waals surface area contributed by atoms with Gasteiger partial charge in [-0.05, 0) is 28.1 Å². The summed E-state index contributed by atoms with van der Waals surface area (Å²) in [6.07, 6.45) is 1.77. The van der Waals surface area contributed by atoms with Gasteiger partial charge >= 0.3 is 0 Å². The molecule has 2 heterocycles. The van der Waals surface area contributed by atoms with Gasteiger partial charge in [-0.3, -0.25) is 4.79 Å². The number of amides is 1. The van der Waals surface area contributed by atoms with Crippen molar-refractivity contribution in [2.45, 2.75) is 19.1 Å². The minimum Gasteiger partial charge on any atom is -0.370 e. The second-order valence-electron chi connectivity index (χ2n) is 5.07. The Morgan fingerprint density at radius 1 is 1.36 bits per heavy atom. The SMILES string of the molecule is O=C(CCn1cnnn1)N1CCO[C@@H](c2ccc(Cl)cc2)C1. The summed E-state index contributed by atoms with van der Waals surface area (Å²) >= 11 is 5.90. The second kappa shape index (κ2) is 6.85. The topological polar surface area (TPSA) is 73.1 Å². The first kappa shape index (κ1) is 14.9. The summed E-state index contributed by atoms with van der Waals surface area (Å²) in [5.74, 6) is 0.0813. The molecule has 1 aromatic carbocycles. The van der Waals surface area contributed by atoms with Gasteiger partial charge in [0.05, 0.1) is 19.7 Å². The van der Waals surface area contributed by atoms with Crippen LogP contribution in [0.3, 0.4) is 0 Å². The lowest BCUT2D eigenvalue weighted by atomic mass is 10.1. The van der Waals surface area contributed by atoms with Crippen LogP contribution < -0.4 is 0 Å². The van der Waals surface area contributed by atoms with Crippen molar-refractivity contribution in [3.8, 4) is 0 Å². The highest BCUT2D eigenvalue weighted by atomic mass is 35.5. The van der Waals surface area contributed by atoms with Crippen LogP contribution in [0, 0.1) is 0 Å². The van der Waals surface area contributed by atoms with Crippen LogP contribution in [-0.4, -0.2) is 50.7 Å². The van der Waals surface area contributed by atoms with E-state index in [9.17, 15) is 4.79 Å². The van der Waals surface area contributed by atoms with E-state index in [1.807, 2.05) is 29.2 Å². The fraction of sp³-hybridized carbons (Fsp3) is 0.429. The Balaban J connectivity index is 1.57. The van der Waals surface area contributed by atoms with Crippen LogP contribution in [0.1, 0.15) is 18.1 Å². The number of aromatic nitrogens is 4. The summed E-state index contributed by atoms with van der Waals surface area (Å²) in [7, 11) is 0. The normalized spacial score (nSPS) is 18.4. The van der Waals surface area contributed by atoms with Crippen LogP contribution in [0.5, 0.6) is 0 Å². The number of carbonyl (C=O) groups excluding carboxylic acids is 1. The third kappa shape index (κ3) is 3.61. The first-order valence-corrected chi connectivity index (χ1v) is 7.46. The lowest BCUT2D eigenvalue weighted by Gasteiger charge is -2.33. The molecule has 1 fully saturated rings. The Bertz CT molecular complexity index is 617. The summed E-state index contributed by atoms with van der Waals surface area (Å²) < 4.78 is 7.31. The zero-order valence-corrected chi connectivity index (χ0v) is 12.7. The molecule has 0 spiro atoms. The van der Waals surface area contributed by atoms with E-state index in [0.717, 1.165) is 5.56 Å².